The van der Waals surface area contributed by atoms with Crippen LogP contribution in [0.25, 0.3) is 11.1 Å². The number of rotatable bonds is 10. The average molecular weight is 478 g/mol. The second-order valence-electron chi connectivity index (χ2n) is 9.48. The van der Waals surface area contributed by atoms with Gasteiger partial charge in [0.1, 0.15) is 17.7 Å². The van der Waals surface area contributed by atoms with Crippen LogP contribution in [0.2, 0.25) is 5.02 Å². The van der Waals surface area contributed by atoms with Gasteiger partial charge in [-0.05, 0) is 69.9 Å². The maximum absolute atomic E-state index is 14.2. The molecule has 0 spiro atoms. The van der Waals surface area contributed by atoms with Crippen LogP contribution in [0.1, 0.15) is 46.6 Å². The monoisotopic (exact) mass is 477 g/mol. The first-order valence-corrected chi connectivity index (χ1v) is 11.4. The molecule has 0 aromatic heterocycles. The van der Waals surface area contributed by atoms with Crippen molar-refractivity contribution in [3.8, 4) is 11.1 Å². The Bertz CT molecular complexity index is 942. The quantitative estimate of drug-likeness (QED) is 0.413. The highest BCUT2D eigenvalue weighted by atomic mass is 35.5. The molecule has 0 saturated heterocycles. The fraction of sp³-hybridized carbons (Fsp3) is 0.462. The third-order valence-corrected chi connectivity index (χ3v) is 5.26. The molecule has 0 saturated carbocycles. The van der Waals surface area contributed by atoms with E-state index in [0.29, 0.717) is 35.6 Å². The molecular weight excluding hydrogens is 445 g/mol. The van der Waals surface area contributed by atoms with Crippen LogP contribution in [0.3, 0.4) is 0 Å². The Morgan fingerprint density at radius 3 is 2.39 bits per heavy atom. The van der Waals surface area contributed by atoms with Crippen molar-refractivity contribution in [3.63, 3.8) is 0 Å². The smallest absolute Gasteiger partial charge is 0.407 e. The normalized spacial score (nSPS) is 14.3. The van der Waals surface area contributed by atoms with Crippen LogP contribution in [-0.4, -0.2) is 37.2 Å². The van der Waals surface area contributed by atoms with Crippen molar-refractivity contribution in [1.82, 2.24) is 5.32 Å². The Labute approximate surface area is 200 Å². The zero-order chi connectivity index (χ0) is 24.6. The minimum atomic E-state index is -0.764. The number of hydrogen-bond acceptors (Lipinski definition) is 4. The SMILES string of the molecule is CCOC[C@@](C)(C=O)C[C@@H](Cc1ccc(-c2cc(Cl)ccc2F)cc1)NC(=O)OC(C)(C)C. The van der Waals surface area contributed by atoms with Crippen LogP contribution in [0.4, 0.5) is 9.18 Å². The number of nitrogens with one attached hydrogen (secondary N) is 1. The Hall–Kier alpha value is -2.44. The molecule has 0 aliphatic rings. The van der Waals surface area contributed by atoms with E-state index in [1.54, 1.807) is 26.8 Å². The summed E-state index contributed by atoms with van der Waals surface area (Å²) in [7, 11) is 0. The van der Waals surface area contributed by atoms with Crippen LogP contribution >= 0.6 is 11.6 Å². The lowest BCUT2D eigenvalue weighted by Gasteiger charge is -2.30. The largest absolute Gasteiger partial charge is 0.444 e. The van der Waals surface area contributed by atoms with Crippen molar-refractivity contribution < 1.29 is 23.5 Å². The predicted molar refractivity (Wildman–Crippen MR) is 129 cm³/mol. The van der Waals surface area contributed by atoms with Gasteiger partial charge < -0.3 is 19.6 Å². The summed E-state index contributed by atoms with van der Waals surface area (Å²) in [6.07, 6.45) is 1.17. The molecule has 1 N–H and O–H groups in total. The topological polar surface area (TPSA) is 64.6 Å². The number of benzene rings is 2. The van der Waals surface area contributed by atoms with E-state index in [-0.39, 0.29) is 18.5 Å². The summed E-state index contributed by atoms with van der Waals surface area (Å²) in [6, 6.07) is 11.4. The molecule has 180 valence electrons. The van der Waals surface area contributed by atoms with E-state index in [0.717, 1.165) is 11.8 Å². The molecule has 1 amide bonds. The zero-order valence-corrected chi connectivity index (χ0v) is 20.7. The third kappa shape index (κ3) is 8.78. The Morgan fingerprint density at radius 2 is 1.82 bits per heavy atom. The molecule has 0 bridgehead atoms. The first kappa shape index (κ1) is 26.8. The van der Waals surface area contributed by atoms with Crippen LogP contribution in [-0.2, 0) is 20.7 Å². The number of halogens is 2. The van der Waals surface area contributed by atoms with Crippen molar-refractivity contribution in [2.75, 3.05) is 13.2 Å². The molecule has 2 aromatic carbocycles. The first-order valence-electron chi connectivity index (χ1n) is 11.0. The van der Waals surface area contributed by atoms with Gasteiger partial charge in [-0.25, -0.2) is 9.18 Å². The summed E-state index contributed by atoms with van der Waals surface area (Å²) in [5.74, 6) is -0.353. The van der Waals surface area contributed by atoms with Crippen LogP contribution in [0.5, 0.6) is 0 Å². The highest BCUT2D eigenvalue weighted by Crippen LogP contribution is 2.28. The van der Waals surface area contributed by atoms with Gasteiger partial charge in [0.25, 0.3) is 0 Å². The minimum absolute atomic E-state index is 0.256. The lowest BCUT2D eigenvalue weighted by Crippen LogP contribution is -2.44. The van der Waals surface area contributed by atoms with Gasteiger partial charge in [0.2, 0.25) is 0 Å². The first-order chi connectivity index (χ1) is 15.4. The Morgan fingerprint density at radius 1 is 1.15 bits per heavy atom. The second kappa shape index (κ2) is 11.6. The summed E-state index contributed by atoms with van der Waals surface area (Å²) in [5.41, 5.74) is 0.634. The number of carbonyl (C=O) groups is 2. The molecule has 0 aliphatic heterocycles. The minimum Gasteiger partial charge on any atom is -0.444 e. The Balaban J connectivity index is 2.22. The van der Waals surface area contributed by atoms with Crippen LogP contribution in [0.15, 0.2) is 42.5 Å². The summed E-state index contributed by atoms with van der Waals surface area (Å²) in [5, 5.41) is 3.36. The summed E-state index contributed by atoms with van der Waals surface area (Å²) < 4.78 is 25.1. The molecule has 0 heterocycles. The van der Waals surface area contributed by atoms with E-state index >= 15 is 0 Å². The van der Waals surface area contributed by atoms with E-state index in [1.165, 1.54) is 12.1 Å². The van der Waals surface area contributed by atoms with Crippen LogP contribution < -0.4 is 5.32 Å². The van der Waals surface area contributed by atoms with Gasteiger partial charge in [-0.2, -0.15) is 0 Å². The van der Waals surface area contributed by atoms with Crippen LogP contribution in [0, 0.1) is 11.2 Å². The second-order valence-corrected chi connectivity index (χ2v) is 9.92. The van der Waals surface area contributed by atoms with Crippen molar-refractivity contribution >= 4 is 24.0 Å². The standard InChI is InChI=1S/C26H33ClFNO4/c1-6-32-17-26(5,16-30)15-21(29-24(31)33-25(2,3)4)13-18-7-9-19(10-8-18)22-14-20(27)11-12-23(22)28/h7-12,14,16,21H,6,13,15,17H2,1-5H3,(H,29,31)/t21-,26-/m1/s1. The number of ether oxygens (including phenoxy) is 2. The molecule has 0 unspecified atom stereocenters. The molecule has 0 radical (unpaired) electrons. The van der Waals surface area contributed by atoms with E-state index < -0.39 is 17.1 Å². The molecular formula is C26H33ClFNO4. The van der Waals surface area contributed by atoms with E-state index in [1.807, 2.05) is 38.1 Å². The van der Waals surface area contributed by atoms with E-state index in [4.69, 9.17) is 21.1 Å². The number of amides is 1. The maximum atomic E-state index is 14.2. The molecule has 7 heteroatoms. The van der Waals surface area contributed by atoms with Gasteiger partial charge >= 0.3 is 6.09 Å². The highest BCUT2D eigenvalue weighted by Gasteiger charge is 2.30. The van der Waals surface area contributed by atoms with Gasteiger partial charge in [0.05, 0.1) is 6.61 Å². The highest BCUT2D eigenvalue weighted by molar-refractivity contribution is 6.30. The summed E-state index contributed by atoms with van der Waals surface area (Å²) in [4.78, 5) is 24.3. The maximum Gasteiger partial charge on any atom is 0.407 e. The molecule has 0 fully saturated rings. The molecule has 2 aromatic rings. The zero-order valence-electron chi connectivity index (χ0n) is 19.9. The van der Waals surface area contributed by atoms with Crippen molar-refractivity contribution in [2.24, 2.45) is 5.41 Å². The molecule has 2 atom stereocenters. The summed E-state index contributed by atoms with van der Waals surface area (Å²) >= 11 is 6.01. The van der Waals surface area contributed by atoms with Gasteiger partial charge in [0.15, 0.2) is 0 Å². The number of hydrogen-bond donors (Lipinski definition) is 1. The predicted octanol–water partition coefficient (Wildman–Crippen LogP) is 6.21. The molecule has 5 nitrogen and oxygen atoms in total. The van der Waals surface area contributed by atoms with Crippen molar-refractivity contribution in [3.05, 3.63) is 58.9 Å². The fourth-order valence-corrected chi connectivity index (χ4v) is 3.68. The summed E-state index contributed by atoms with van der Waals surface area (Å²) in [6.45, 7) is 9.80. The number of alkyl carbamates (subject to hydrolysis) is 1. The average Bonchev–Trinajstić information content (AvgIpc) is 2.73. The lowest BCUT2D eigenvalue weighted by atomic mass is 9.84. The van der Waals surface area contributed by atoms with Gasteiger partial charge in [-0.15, -0.1) is 0 Å². The molecule has 0 aliphatic carbocycles. The number of aldehydes is 1. The van der Waals surface area contributed by atoms with Gasteiger partial charge in [-0.3, -0.25) is 0 Å². The fourth-order valence-electron chi connectivity index (χ4n) is 3.51. The molecule has 33 heavy (non-hydrogen) atoms. The van der Waals surface area contributed by atoms with E-state index in [9.17, 15) is 14.0 Å². The molecule has 2 rings (SSSR count). The van der Waals surface area contributed by atoms with Gasteiger partial charge in [0, 0.05) is 28.6 Å². The van der Waals surface area contributed by atoms with E-state index in [2.05, 4.69) is 5.32 Å². The third-order valence-electron chi connectivity index (χ3n) is 5.03. The van der Waals surface area contributed by atoms with Crippen molar-refractivity contribution in [2.45, 2.75) is 59.1 Å². The van der Waals surface area contributed by atoms with Crippen molar-refractivity contribution in [1.29, 1.82) is 0 Å². The Kier molecular flexibility index (Phi) is 9.44. The van der Waals surface area contributed by atoms with Gasteiger partial charge in [-0.1, -0.05) is 42.8 Å². The number of carbonyl (C=O) groups excluding carboxylic acids is 2. The lowest BCUT2D eigenvalue weighted by molar-refractivity contribution is -0.119.